The van der Waals surface area contributed by atoms with Gasteiger partial charge in [0.25, 0.3) is 0 Å². The third kappa shape index (κ3) is 5.78. The molecule has 5 atom stereocenters. The molecule has 0 aromatic heterocycles. The first-order valence-corrected chi connectivity index (χ1v) is 7.10. The van der Waals surface area contributed by atoms with E-state index in [0.29, 0.717) is 0 Å². The standard InChI is InChI=1S/C14H20O10/c1-6(15)20-5-10-11(21-7(2)16)12(22-8(3)17)13(14(19)24-10)23-9(4)18/h10-14,19H,5H2,1-4H3/t10-,11+,12+,13+,14+/m0/s1. The first kappa shape index (κ1) is 19.8. The van der Waals surface area contributed by atoms with Gasteiger partial charge < -0.3 is 28.8 Å². The summed E-state index contributed by atoms with van der Waals surface area (Å²) < 4.78 is 25.0. The van der Waals surface area contributed by atoms with Crippen LogP contribution in [0.25, 0.3) is 0 Å². The fourth-order valence-electron chi connectivity index (χ4n) is 2.21. The van der Waals surface area contributed by atoms with E-state index >= 15 is 0 Å². The first-order chi connectivity index (χ1) is 11.1. The molecule has 0 bridgehead atoms. The predicted molar refractivity (Wildman–Crippen MR) is 74.2 cm³/mol. The van der Waals surface area contributed by atoms with Gasteiger partial charge in [-0.3, -0.25) is 19.2 Å². The Balaban J connectivity index is 3.11. The summed E-state index contributed by atoms with van der Waals surface area (Å²) in [6, 6.07) is 0. The molecule has 0 aromatic rings. The molecule has 1 aliphatic rings. The zero-order chi connectivity index (χ0) is 18.4. The molecule has 1 N–H and O–H groups in total. The smallest absolute Gasteiger partial charge is 0.303 e. The van der Waals surface area contributed by atoms with Crippen molar-refractivity contribution in [2.45, 2.75) is 58.4 Å². The minimum Gasteiger partial charge on any atom is -0.463 e. The van der Waals surface area contributed by atoms with E-state index in [1.165, 1.54) is 0 Å². The van der Waals surface area contributed by atoms with Crippen LogP contribution in [0, 0.1) is 0 Å². The Morgan fingerprint density at radius 3 is 1.71 bits per heavy atom. The summed E-state index contributed by atoms with van der Waals surface area (Å²) in [5.41, 5.74) is 0. The SMILES string of the molecule is CC(=O)OC[C@@H]1O[C@@H](O)[C@H](OC(C)=O)[C@H](OC(C)=O)[C@@H]1OC(C)=O. The highest BCUT2D eigenvalue weighted by atomic mass is 16.7. The molecular formula is C14H20O10. The number of hydrogen-bond donors (Lipinski definition) is 1. The van der Waals surface area contributed by atoms with Crippen molar-refractivity contribution in [1.82, 2.24) is 0 Å². The fourth-order valence-corrected chi connectivity index (χ4v) is 2.21. The van der Waals surface area contributed by atoms with Crippen molar-refractivity contribution in [3.05, 3.63) is 0 Å². The van der Waals surface area contributed by atoms with Crippen LogP contribution in [0.1, 0.15) is 27.7 Å². The molecule has 0 spiro atoms. The Kier molecular flexibility index (Phi) is 7.11. The highest BCUT2D eigenvalue weighted by Gasteiger charge is 2.51. The molecule has 10 nitrogen and oxygen atoms in total. The Bertz CT molecular complexity index is 502. The number of carbonyl (C=O) groups is 4. The Labute approximate surface area is 137 Å². The van der Waals surface area contributed by atoms with Gasteiger partial charge >= 0.3 is 23.9 Å². The van der Waals surface area contributed by atoms with E-state index in [9.17, 15) is 24.3 Å². The summed E-state index contributed by atoms with van der Waals surface area (Å²) in [5.74, 6) is -2.87. The minimum atomic E-state index is -1.68. The van der Waals surface area contributed by atoms with Crippen LogP contribution in [0.15, 0.2) is 0 Å². The predicted octanol–water partition coefficient (Wildman–Crippen LogP) is -0.938. The molecule has 0 unspecified atom stereocenters. The van der Waals surface area contributed by atoms with Crippen LogP contribution in [0.5, 0.6) is 0 Å². The van der Waals surface area contributed by atoms with Gasteiger partial charge in [-0.05, 0) is 0 Å². The Morgan fingerprint density at radius 2 is 1.25 bits per heavy atom. The molecule has 0 saturated carbocycles. The second-order valence-corrected chi connectivity index (χ2v) is 5.09. The van der Waals surface area contributed by atoms with E-state index in [1.54, 1.807) is 0 Å². The van der Waals surface area contributed by atoms with Gasteiger partial charge in [0.15, 0.2) is 24.6 Å². The number of aliphatic hydroxyl groups excluding tert-OH is 1. The zero-order valence-electron chi connectivity index (χ0n) is 13.7. The van der Waals surface area contributed by atoms with Gasteiger partial charge in [0.2, 0.25) is 0 Å². The maximum absolute atomic E-state index is 11.3. The van der Waals surface area contributed by atoms with Gasteiger partial charge in [0.1, 0.15) is 12.7 Å². The van der Waals surface area contributed by atoms with Crippen LogP contribution in [-0.2, 0) is 42.9 Å². The number of hydrogen-bond acceptors (Lipinski definition) is 10. The van der Waals surface area contributed by atoms with Crippen molar-refractivity contribution < 1.29 is 48.0 Å². The normalized spacial score (nSPS) is 29.3. The number of rotatable bonds is 5. The van der Waals surface area contributed by atoms with E-state index in [0.717, 1.165) is 27.7 Å². The minimum absolute atomic E-state index is 0.366. The van der Waals surface area contributed by atoms with E-state index < -0.39 is 54.6 Å². The lowest BCUT2D eigenvalue weighted by Crippen LogP contribution is -2.62. The molecule has 136 valence electrons. The highest BCUT2D eigenvalue weighted by Crippen LogP contribution is 2.28. The maximum Gasteiger partial charge on any atom is 0.303 e. The van der Waals surface area contributed by atoms with Gasteiger partial charge in [-0.2, -0.15) is 0 Å². The topological polar surface area (TPSA) is 135 Å². The summed E-state index contributed by atoms with van der Waals surface area (Å²) in [4.78, 5) is 44.9. The first-order valence-electron chi connectivity index (χ1n) is 7.10. The lowest BCUT2D eigenvalue weighted by atomic mass is 9.98. The van der Waals surface area contributed by atoms with Crippen molar-refractivity contribution >= 4 is 23.9 Å². The van der Waals surface area contributed by atoms with Crippen LogP contribution in [0.2, 0.25) is 0 Å². The Hall–Kier alpha value is -2.20. The second-order valence-electron chi connectivity index (χ2n) is 5.09. The third-order valence-electron chi connectivity index (χ3n) is 2.97. The van der Waals surface area contributed by atoms with Crippen molar-refractivity contribution in [2.75, 3.05) is 6.61 Å². The van der Waals surface area contributed by atoms with Gasteiger partial charge in [0, 0.05) is 27.7 Å². The molecule has 1 aliphatic heterocycles. The summed E-state index contributed by atoms with van der Waals surface area (Å²) in [5, 5.41) is 10.0. The Morgan fingerprint density at radius 1 is 0.792 bits per heavy atom. The number of esters is 4. The lowest BCUT2D eigenvalue weighted by Gasteiger charge is -2.42. The van der Waals surface area contributed by atoms with E-state index in [2.05, 4.69) is 0 Å². The van der Waals surface area contributed by atoms with Crippen molar-refractivity contribution in [3.63, 3.8) is 0 Å². The van der Waals surface area contributed by atoms with Crippen molar-refractivity contribution in [2.24, 2.45) is 0 Å². The summed E-state index contributed by atoms with van der Waals surface area (Å²) in [6.07, 6.45) is -6.79. The lowest BCUT2D eigenvalue weighted by molar-refractivity contribution is -0.296. The summed E-state index contributed by atoms with van der Waals surface area (Å²) >= 11 is 0. The quantitative estimate of drug-likeness (QED) is 0.490. The largest absolute Gasteiger partial charge is 0.463 e. The molecule has 10 heteroatoms. The fraction of sp³-hybridized carbons (Fsp3) is 0.714. The average molecular weight is 348 g/mol. The van der Waals surface area contributed by atoms with Crippen LogP contribution in [-0.4, -0.2) is 66.3 Å². The molecule has 1 saturated heterocycles. The van der Waals surface area contributed by atoms with Crippen molar-refractivity contribution in [1.29, 1.82) is 0 Å². The molecule has 0 aliphatic carbocycles. The van der Waals surface area contributed by atoms with Gasteiger partial charge in [0.05, 0.1) is 0 Å². The van der Waals surface area contributed by atoms with Crippen molar-refractivity contribution in [3.8, 4) is 0 Å². The van der Waals surface area contributed by atoms with E-state index in [1.807, 2.05) is 0 Å². The summed E-state index contributed by atoms with van der Waals surface area (Å²) in [6.45, 7) is 4.09. The monoisotopic (exact) mass is 348 g/mol. The molecule has 0 radical (unpaired) electrons. The van der Waals surface area contributed by atoms with Crippen LogP contribution in [0.3, 0.4) is 0 Å². The second kappa shape index (κ2) is 8.60. The molecule has 24 heavy (non-hydrogen) atoms. The molecule has 1 heterocycles. The van der Waals surface area contributed by atoms with Crippen LogP contribution < -0.4 is 0 Å². The third-order valence-corrected chi connectivity index (χ3v) is 2.97. The molecule has 1 rings (SSSR count). The number of carbonyl (C=O) groups excluding carboxylic acids is 4. The average Bonchev–Trinajstić information content (AvgIpc) is 2.42. The molecule has 0 aromatic carbocycles. The molecular weight excluding hydrogens is 328 g/mol. The van der Waals surface area contributed by atoms with E-state index in [4.69, 9.17) is 23.7 Å². The van der Waals surface area contributed by atoms with Crippen LogP contribution in [0.4, 0.5) is 0 Å². The van der Waals surface area contributed by atoms with E-state index in [-0.39, 0.29) is 6.61 Å². The summed E-state index contributed by atoms with van der Waals surface area (Å²) in [7, 11) is 0. The highest BCUT2D eigenvalue weighted by molar-refractivity contribution is 5.68. The maximum atomic E-state index is 11.3. The van der Waals surface area contributed by atoms with Gasteiger partial charge in [-0.1, -0.05) is 0 Å². The van der Waals surface area contributed by atoms with Crippen LogP contribution >= 0.6 is 0 Å². The van der Waals surface area contributed by atoms with Gasteiger partial charge in [-0.15, -0.1) is 0 Å². The molecule has 0 amide bonds. The molecule has 1 fully saturated rings. The van der Waals surface area contributed by atoms with Gasteiger partial charge in [-0.25, -0.2) is 0 Å². The number of ether oxygens (including phenoxy) is 5. The number of aliphatic hydroxyl groups is 1. The zero-order valence-corrected chi connectivity index (χ0v) is 13.7.